The van der Waals surface area contributed by atoms with Gasteiger partial charge in [-0.2, -0.15) is 4.98 Å². The smallest absolute Gasteiger partial charge is 0.282 e. The molecule has 4 aromatic rings. The summed E-state index contributed by atoms with van der Waals surface area (Å²) in [5, 5.41) is 11.4. The van der Waals surface area contributed by atoms with Crippen LogP contribution in [0.5, 0.6) is 5.75 Å². The number of hydrogen-bond acceptors (Lipinski definition) is 6. The van der Waals surface area contributed by atoms with Gasteiger partial charge in [0.1, 0.15) is 10.4 Å². The second kappa shape index (κ2) is 7.31. The number of aromatic nitrogens is 2. The summed E-state index contributed by atoms with van der Waals surface area (Å²) in [6.45, 7) is 0. The minimum Gasteiger partial charge on any atom is -0.505 e. The van der Waals surface area contributed by atoms with Gasteiger partial charge < -0.3 is 10.8 Å². The van der Waals surface area contributed by atoms with Crippen molar-refractivity contribution in [3.05, 3.63) is 67.6 Å². The average Bonchev–Trinajstić information content (AvgIpc) is 3.13. The number of benzene rings is 1. The van der Waals surface area contributed by atoms with Crippen LogP contribution in [0.2, 0.25) is 0 Å². The maximum absolute atomic E-state index is 12.9. The highest BCUT2D eigenvalue weighted by Gasteiger charge is 2.26. The van der Waals surface area contributed by atoms with E-state index in [2.05, 4.69) is 4.98 Å². The zero-order valence-corrected chi connectivity index (χ0v) is 17.4. The van der Waals surface area contributed by atoms with Crippen LogP contribution in [0.3, 0.4) is 0 Å². The number of ketones is 1. The molecule has 0 saturated heterocycles. The van der Waals surface area contributed by atoms with E-state index in [9.17, 15) is 19.5 Å². The monoisotopic (exact) mass is 433 g/mol. The Labute approximate surface area is 180 Å². The second-order valence-corrected chi connectivity index (χ2v) is 8.75. The number of carbonyl (C=O) groups excluding carboxylic acids is 2. The van der Waals surface area contributed by atoms with Gasteiger partial charge in [-0.15, -0.1) is 11.3 Å². The van der Waals surface area contributed by atoms with Gasteiger partial charge >= 0.3 is 0 Å². The van der Waals surface area contributed by atoms with E-state index in [1.165, 1.54) is 21.8 Å². The largest absolute Gasteiger partial charge is 0.505 e. The Morgan fingerprint density at radius 3 is 2.61 bits per heavy atom. The molecule has 8 heteroatoms. The molecule has 0 radical (unpaired) electrons. The lowest BCUT2D eigenvalue weighted by Gasteiger charge is -2.00. The highest BCUT2D eigenvalue weighted by atomic mass is 32.1. The number of aromatic hydroxyl groups is 1. The van der Waals surface area contributed by atoms with Gasteiger partial charge in [0.2, 0.25) is 0 Å². The summed E-state index contributed by atoms with van der Waals surface area (Å²) in [7, 11) is 0. The predicted molar refractivity (Wildman–Crippen MR) is 119 cm³/mol. The number of fused-ring (bicyclic) bond motifs is 5. The highest BCUT2D eigenvalue weighted by molar-refractivity contribution is 7.18. The number of carbonyl (C=O) groups is 2. The summed E-state index contributed by atoms with van der Waals surface area (Å²) < 4.78 is 1.53. The Bertz CT molecular complexity index is 1480. The number of aryl methyl sites for hydroxylation is 2. The van der Waals surface area contributed by atoms with Crippen LogP contribution in [-0.4, -0.2) is 26.2 Å². The molecule has 7 nitrogen and oxygen atoms in total. The minimum absolute atomic E-state index is 0.0222. The quantitative estimate of drug-likeness (QED) is 0.380. The first kappa shape index (κ1) is 19.4. The van der Waals surface area contributed by atoms with Crippen LogP contribution in [0.25, 0.3) is 21.9 Å². The van der Waals surface area contributed by atoms with E-state index in [1.807, 2.05) is 0 Å². The summed E-state index contributed by atoms with van der Waals surface area (Å²) in [5.41, 5.74) is 6.21. The summed E-state index contributed by atoms with van der Waals surface area (Å²) in [4.78, 5) is 43.7. The lowest BCUT2D eigenvalue weighted by molar-refractivity contribution is 0.0998. The van der Waals surface area contributed by atoms with Crippen molar-refractivity contribution in [1.82, 2.24) is 9.38 Å². The SMILES string of the molecule is NC(=O)c1c(O)/c(=C\C(=O)c2ccccc2)n2c1nc(=O)c1c3c(sc12)CCCCC3. The molecule has 0 bridgehead atoms. The first-order valence-electron chi connectivity index (χ1n) is 10.1. The van der Waals surface area contributed by atoms with E-state index in [0.29, 0.717) is 15.8 Å². The van der Waals surface area contributed by atoms with Crippen molar-refractivity contribution in [1.29, 1.82) is 0 Å². The van der Waals surface area contributed by atoms with Crippen molar-refractivity contribution in [3.8, 4) is 5.75 Å². The van der Waals surface area contributed by atoms with Gasteiger partial charge in [-0.25, -0.2) is 0 Å². The van der Waals surface area contributed by atoms with Crippen molar-refractivity contribution in [3.63, 3.8) is 0 Å². The van der Waals surface area contributed by atoms with Gasteiger partial charge in [-0.1, -0.05) is 36.8 Å². The fraction of sp³-hybridized carbons (Fsp3) is 0.217. The molecule has 0 unspecified atom stereocenters. The molecule has 3 heterocycles. The minimum atomic E-state index is -0.911. The third kappa shape index (κ3) is 3.02. The van der Waals surface area contributed by atoms with Crippen LogP contribution in [0.1, 0.15) is 50.4 Å². The number of nitrogens with zero attached hydrogens (tertiary/aromatic N) is 2. The molecule has 0 atom stereocenters. The third-order valence-corrected chi connectivity index (χ3v) is 7.03. The van der Waals surface area contributed by atoms with Crippen molar-refractivity contribution in [2.45, 2.75) is 32.1 Å². The lowest BCUT2D eigenvalue weighted by Crippen LogP contribution is -2.17. The molecule has 1 aliphatic carbocycles. The molecule has 156 valence electrons. The van der Waals surface area contributed by atoms with Crippen molar-refractivity contribution < 1.29 is 14.7 Å². The zero-order chi connectivity index (χ0) is 21.7. The Balaban J connectivity index is 1.91. The molecule has 0 saturated carbocycles. The van der Waals surface area contributed by atoms with Gasteiger partial charge in [0.05, 0.1) is 10.7 Å². The van der Waals surface area contributed by atoms with Gasteiger partial charge in [-0.05, 0) is 31.2 Å². The van der Waals surface area contributed by atoms with Gasteiger partial charge in [0.15, 0.2) is 17.2 Å². The molecule has 1 aliphatic rings. The van der Waals surface area contributed by atoms with Gasteiger partial charge in [0, 0.05) is 16.5 Å². The topological polar surface area (TPSA) is 115 Å². The molecule has 1 amide bonds. The van der Waals surface area contributed by atoms with Crippen molar-refractivity contribution in [2.75, 3.05) is 0 Å². The number of Topliss-reactive ketones (excluding diaryl/α,β-unsaturated/α-hetero) is 1. The molecule has 3 N–H and O–H groups in total. The average molecular weight is 433 g/mol. The van der Waals surface area contributed by atoms with Gasteiger partial charge in [0.25, 0.3) is 11.5 Å². The normalized spacial score (nSPS) is 14.6. The van der Waals surface area contributed by atoms with Crippen LogP contribution in [0.4, 0.5) is 0 Å². The van der Waals surface area contributed by atoms with Crippen LogP contribution in [0, 0.1) is 0 Å². The van der Waals surface area contributed by atoms with E-state index in [-0.39, 0.29) is 22.3 Å². The second-order valence-electron chi connectivity index (χ2n) is 7.67. The molecule has 0 aliphatic heterocycles. The summed E-state index contributed by atoms with van der Waals surface area (Å²) >= 11 is 1.46. The Hall–Kier alpha value is -3.52. The van der Waals surface area contributed by atoms with Crippen molar-refractivity contribution >= 4 is 45.0 Å². The molecule has 0 fully saturated rings. The molecule has 5 rings (SSSR count). The molecular formula is C23H19N3O4S. The van der Waals surface area contributed by atoms with E-state index < -0.39 is 17.2 Å². The number of rotatable bonds is 3. The lowest BCUT2D eigenvalue weighted by atomic mass is 10.1. The number of nitrogens with two attached hydrogens (primary N) is 1. The number of thiophene rings is 1. The Morgan fingerprint density at radius 2 is 1.87 bits per heavy atom. The Kier molecular flexibility index (Phi) is 4.59. The van der Waals surface area contributed by atoms with Crippen LogP contribution in [-0.2, 0) is 12.8 Å². The standard InChI is InChI=1S/C23H19N3O4S/c24-20(29)18-19(28)14(11-15(27)12-7-3-1-4-8-12)26-21(18)25-22(30)17-13-9-5-2-6-10-16(13)31-23(17)26/h1,3-4,7-8,11,28H,2,5-6,9-10H2,(H2,24,29)/b14-11+. The summed E-state index contributed by atoms with van der Waals surface area (Å²) in [6.07, 6.45) is 6.06. The molecule has 3 aromatic heterocycles. The first-order chi connectivity index (χ1) is 15.0. The highest BCUT2D eigenvalue weighted by Crippen LogP contribution is 2.34. The van der Waals surface area contributed by atoms with Crippen molar-refractivity contribution in [2.24, 2.45) is 5.73 Å². The molecule has 31 heavy (non-hydrogen) atoms. The summed E-state index contributed by atoms with van der Waals surface area (Å²) in [6, 6.07) is 8.61. The Morgan fingerprint density at radius 1 is 1.13 bits per heavy atom. The first-order valence-corrected chi connectivity index (χ1v) is 10.9. The number of amides is 1. The number of hydrogen-bond donors (Lipinski definition) is 2. The third-order valence-electron chi connectivity index (χ3n) is 5.76. The van der Waals surface area contributed by atoms with Crippen LogP contribution < -0.4 is 16.6 Å². The predicted octanol–water partition coefficient (Wildman–Crippen LogP) is 2.36. The van der Waals surface area contributed by atoms with Gasteiger partial charge in [-0.3, -0.25) is 18.8 Å². The molecule has 0 spiro atoms. The fourth-order valence-corrected chi connectivity index (χ4v) is 5.70. The van der Waals surface area contributed by atoms with Crippen LogP contribution in [0.15, 0.2) is 35.1 Å². The van der Waals surface area contributed by atoms with E-state index in [4.69, 9.17) is 5.73 Å². The molecule has 1 aromatic carbocycles. The zero-order valence-electron chi connectivity index (χ0n) is 16.6. The van der Waals surface area contributed by atoms with E-state index in [0.717, 1.165) is 42.5 Å². The summed E-state index contributed by atoms with van der Waals surface area (Å²) in [5.74, 6) is -1.70. The maximum atomic E-state index is 12.9. The molecular weight excluding hydrogens is 414 g/mol. The van der Waals surface area contributed by atoms with Crippen LogP contribution >= 0.6 is 11.3 Å². The van der Waals surface area contributed by atoms with E-state index in [1.54, 1.807) is 30.3 Å². The maximum Gasteiger partial charge on any atom is 0.282 e. The fourth-order valence-electron chi connectivity index (χ4n) is 4.31. The number of primary amides is 1. The van der Waals surface area contributed by atoms with E-state index >= 15 is 0 Å².